The Morgan fingerprint density at radius 2 is 2.05 bits per heavy atom. The van der Waals surface area contributed by atoms with Crippen LogP contribution in [0.3, 0.4) is 0 Å². The summed E-state index contributed by atoms with van der Waals surface area (Å²) >= 11 is 0. The van der Waals surface area contributed by atoms with Gasteiger partial charge in [-0.05, 0) is 30.7 Å². The number of rotatable bonds is 2. The second-order valence-electron chi connectivity index (χ2n) is 5.26. The number of aliphatic hydroxyl groups is 1. The second-order valence-corrected chi connectivity index (χ2v) is 5.26. The minimum absolute atomic E-state index is 0.312. The molecule has 1 N–H and O–H groups in total. The van der Waals surface area contributed by atoms with E-state index in [0.717, 1.165) is 11.3 Å². The van der Waals surface area contributed by atoms with Gasteiger partial charge in [0.1, 0.15) is 18.2 Å². The van der Waals surface area contributed by atoms with E-state index in [9.17, 15) is 9.50 Å². The zero-order chi connectivity index (χ0) is 14.8. The molecule has 0 saturated heterocycles. The molecular formula is C17H18FNO2. The standard InChI is InChI=1S/C17H18FNO2/c1-12(20)13-6-7-16(15(18)10-13)19-8-9-21-17-5-3-2-4-14(17)11-19/h2-7,10,12,20H,8-9,11H2,1H3/t12-/m0/s1. The first-order chi connectivity index (χ1) is 10.1. The summed E-state index contributed by atoms with van der Waals surface area (Å²) < 4.78 is 20.0. The molecule has 0 unspecified atom stereocenters. The lowest BCUT2D eigenvalue weighted by atomic mass is 10.1. The Morgan fingerprint density at radius 1 is 1.24 bits per heavy atom. The Kier molecular flexibility index (Phi) is 3.80. The topological polar surface area (TPSA) is 32.7 Å². The van der Waals surface area contributed by atoms with Crippen LogP contribution in [0.5, 0.6) is 5.75 Å². The second kappa shape index (κ2) is 5.74. The fraction of sp³-hybridized carbons (Fsp3) is 0.294. The lowest BCUT2D eigenvalue weighted by Crippen LogP contribution is -2.26. The van der Waals surface area contributed by atoms with Crippen LogP contribution in [-0.4, -0.2) is 18.3 Å². The third-order valence-electron chi connectivity index (χ3n) is 3.75. The third-order valence-corrected chi connectivity index (χ3v) is 3.75. The molecule has 110 valence electrons. The number of para-hydroxylation sites is 1. The Hall–Kier alpha value is -2.07. The first-order valence-electron chi connectivity index (χ1n) is 7.08. The summed E-state index contributed by atoms with van der Waals surface area (Å²) in [5.74, 6) is 0.550. The lowest BCUT2D eigenvalue weighted by Gasteiger charge is -2.23. The van der Waals surface area contributed by atoms with Crippen molar-refractivity contribution in [2.45, 2.75) is 19.6 Å². The normalized spacial score (nSPS) is 15.9. The van der Waals surface area contributed by atoms with Crippen molar-refractivity contribution in [3.8, 4) is 5.75 Å². The number of benzene rings is 2. The van der Waals surface area contributed by atoms with Gasteiger partial charge in [0.2, 0.25) is 0 Å². The van der Waals surface area contributed by atoms with Crippen molar-refractivity contribution in [3.05, 3.63) is 59.4 Å². The van der Waals surface area contributed by atoms with Crippen LogP contribution < -0.4 is 9.64 Å². The zero-order valence-electron chi connectivity index (χ0n) is 11.9. The van der Waals surface area contributed by atoms with Gasteiger partial charge < -0.3 is 14.7 Å². The van der Waals surface area contributed by atoms with Crippen LogP contribution >= 0.6 is 0 Å². The fourth-order valence-electron chi connectivity index (χ4n) is 2.57. The minimum atomic E-state index is -0.665. The number of hydrogen-bond acceptors (Lipinski definition) is 3. The van der Waals surface area contributed by atoms with Crippen LogP contribution in [0.2, 0.25) is 0 Å². The number of fused-ring (bicyclic) bond motifs is 1. The van der Waals surface area contributed by atoms with E-state index in [1.54, 1.807) is 19.1 Å². The van der Waals surface area contributed by atoms with Crippen LogP contribution in [0.15, 0.2) is 42.5 Å². The molecule has 0 fully saturated rings. The molecular weight excluding hydrogens is 269 g/mol. The molecule has 0 amide bonds. The highest BCUT2D eigenvalue weighted by Crippen LogP contribution is 2.29. The predicted molar refractivity (Wildman–Crippen MR) is 80.0 cm³/mol. The molecule has 2 aromatic rings. The summed E-state index contributed by atoms with van der Waals surface area (Å²) in [6.45, 7) is 3.39. The number of ether oxygens (including phenoxy) is 1. The average Bonchev–Trinajstić information content (AvgIpc) is 2.69. The number of halogens is 1. The van der Waals surface area contributed by atoms with Gasteiger partial charge in [-0.25, -0.2) is 4.39 Å². The summed E-state index contributed by atoms with van der Waals surface area (Å²) in [7, 11) is 0. The van der Waals surface area contributed by atoms with Gasteiger partial charge in [-0.1, -0.05) is 24.3 Å². The molecule has 3 nitrogen and oxygen atoms in total. The maximum Gasteiger partial charge on any atom is 0.146 e. The maximum atomic E-state index is 14.3. The van der Waals surface area contributed by atoms with Crippen molar-refractivity contribution in [3.63, 3.8) is 0 Å². The van der Waals surface area contributed by atoms with Gasteiger partial charge in [0, 0.05) is 12.1 Å². The van der Waals surface area contributed by atoms with Crippen molar-refractivity contribution in [2.24, 2.45) is 0 Å². The molecule has 1 aliphatic heterocycles. The van der Waals surface area contributed by atoms with Crippen LogP contribution in [-0.2, 0) is 6.54 Å². The highest BCUT2D eigenvalue weighted by atomic mass is 19.1. The molecule has 3 rings (SSSR count). The highest BCUT2D eigenvalue weighted by Gasteiger charge is 2.18. The molecule has 4 heteroatoms. The van der Waals surface area contributed by atoms with Crippen molar-refractivity contribution in [1.29, 1.82) is 0 Å². The molecule has 2 aromatic carbocycles. The quantitative estimate of drug-likeness (QED) is 0.920. The molecule has 21 heavy (non-hydrogen) atoms. The van der Waals surface area contributed by atoms with E-state index in [2.05, 4.69) is 0 Å². The summed E-state index contributed by atoms with van der Waals surface area (Å²) in [5.41, 5.74) is 2.18. The molecule has 0 bridgehead atoms. The van der Waals surface area contributed by atoms with Gasteiger partial charge in [0.15, 0.2) is 0 Å². The first-order valence-corrected chi connectivity index (χ1v) is 7.08. The summed E-state index contributed by atoms with van der Waals surface area (Å²) in [4.78, 5) is 1.97. The Balaban J connectivity index is 1.91. The molecule has 1 atom stereocenters. The third kappa shape index (κ3) is 2.85. The van der Waals surface area contributed by atoms with Crippen LogP contribution in [0.25, 0.3) is 0 Å². The number of anilines is 1. The molecule has 1 aliphatic rings. The largest absolute Gasteiger partial charge is 0.491 e. The SMILES string of the molecule is C[C@H](O)c1ccc(N2CCOc3ccccc3C2)c(F)c1. The van der Waals surface area contributed by atoms with E-state index in [1.165, 1.54) is 6.07 Å². The molecule has 0 aliphatic carbocycles. The van der Waals surface area contributed by atoms with Gasteiger partial charge in [0.25, 0.3) is 0 Å². The van der Waals surface area contributed by atoms with E-state index < -0.39 is 6.10 Å². The van der Waals surface area contributed by atoms with Crippen molar-refractivity contribution in [1.82, 2.24) is 0 Å². The number of nitrogens with zero attached hydrogens (tertiary/aromatic N) is 1. The number of hydrogen-bond donors (Lipinski definition) is 1. The van der Waals surface area contributed by atoms with Crippen LogP contribution in [0, 0.1) is 5.82 Å². The summed E-state index contributed by atoms with van der Waals surface area (Å²) in [6, 6.07) is 12.7. The zero-order valence-corrected chi connectivity index (χ0v) is 11.9. The van der Waals surface area contributed by atoms with E-state index >= 15 is 0 Å². The van der Waals surface area contributed by atoms with Gasteiger partial charge in [0.05, 0.1) is 18.3 Å². The Bertz CT molecular complexity index is 642. The average molecular weight is 287 g/mol. The Morgan fingerprint density at radius 3 is 2.81 bits per heavy atom. The maximum absolute atomic E-state index is 14.3. The van der Waals surface area contributed by atoms with E-state index in [4.69, 9.17) is 4.74 Å². The minimum Gasteiger partial charge on any atom is -0.491 e. The van der Waals surface area contributed by atoms with E-state index in [1.807, 2.05) is 29.2 Å². The van der Waals surface area contributed by atoms with Gasteiger partial charge in [-0.15, -0.1) is 0 Å². The monoisotopic (exact) mass is 287 g/mol. The van der Waals surface area contributed by atoms with Crippen LogP contribution in [0.1, 0.15) is 24.2 Å². The van der Waals surface area contributed by atoms with Crippen LogP contribution in [0.4, 0.5) is 10.1 Å². The molecule has 0 radical (unpaired) electrons. The molecule has 0 aromatic heterocycles. The molecule has 0 spiro atoms. The summed E-state index contributed by atoms with van der Waals surface area (Å²) in [6.07, 6.45) is -0.665. The van der Waals surface area contributed by atoms with Crippen molar-refractivity contribution >= 4 is 5.69 Å². The van der Waals surface area contributed by atoms with Crippen molar-refractivity contribution < 1.29 is 14.2 Å². The fourth-order valence-corrected chi connectivity index (χ4v) is 2.57. The van der Waals surface area contributed by atoms with E-state index in [-0.39, 0.29) is 5.82 Å². The smallest absolute Gasteiger partial charge is 0.146 e. The lowest BCUT2D eigenvalue weighted by molar-refractivity contribution is 0.199. The molecule has 1 heterocycles. The summed E-state index contributed by atoms with van der Waals surface area (Å²) in [5, 5.41) is 9.52. The molecule has 0 saturated carbocycles. The van der Waals surface area contributed by atoms with Crippen molar-refractivity contribution in [2.75, 3.05) is 18.1 Å². The number of aliphatic hydroxyl groups excluding tert-OH is 1. The first kappa shape index (κ1) is 13.9. The van der Waals surface area contributed by atoms with Gasteiger partial charge in [-0.2, -0.15) is 0 Å². The van der Waals surface area contributed by atoms with E-state index in [0.29, 0.717) is 30.9 Å². The van der Waals surface area contributed by atoms with Gasteiger partial charge >= 0.3 is 0 Å². The van der Waals surface area contributed by atoms with Gasteiger partial charge in [-0.3, -0.25) is 0 Å². The Labute approximate surface area is 123 Å². The predicted octanol–water partition coefficient (Wildman–Crippen LogP) is 3.28. The highest BCUT2D eigenvalue weighted by molar-refractivity contribution is 5.51.